The van der Waals surface area contributed by atoms with Gasteiger partial charge in [0.15, 0.2) is 0 Å². The van der Waals surface area contributed by atoms with Gasteiger partial charge in [-0.15, -0.1) is 0 Å². The van der Waals surface area contributed by atoms with Crippen LogP contribution < -0.4 is 4.74 Å². The lowest BCUT2D eigenvalue weighted by molar-refractivity contribution is -0.0573. The zero-order chi connectivity index (χ0) is 19.0. The number of para-hydroxylation sites is 1. The average Bonchev–Trinajstić information content (AvgIpc) is 2.61. The third-order valence-corrected chi connectivity index (χ3v) is 4.01. The normalized spacial score (nSPS) is 13.0. The largest absolute Gasteiger partial charge is 0.496 e. The molecule has 0 unspecified atom stereocenters. The second-order valence-electron chi connectivity index (χ2n) is 7.54. The highest BCUT2D eigenvalue weighted by Gasteiger charge is 2.18. The van der Waals surface area contributed by atoms with Gasteiger partial charge in [0.2, 0.25) is 0 Å². The molecule has 0 radical (unpaired) electrons. The fraction of sp³-hybridized carbons (Fsp3) is 0.455. The minimum Gasteiger partial charge on any atom is -0.496 e. The Bertz CT molecular complexity index is 652. The third-order valence-electron chi connectivity index (χ3n) is 4.01. The summed E-state index contributed by atoms with van der Waals surface area (Å²) in [4.78, 5) is 2.23. The maximum atomic E-state index is 10.5. The fourth-order valence-electron chi connectivity index (χ4n) is 2.80. The highest BCUT2D eigenvalue weighted by atomic mass is 16.5. The first-order chi connectivity index (χ1) is 12.4. The van der Waals surface area contributed by atoms with Crippen molar-refractivity contribution in [3.8, 4) is 5.75 Å². The number of nitrogens with zero attached hydrogens (tertiary/aromatic N) is 1. The number of ether oxygens (including phenoxy) is 2. The molecule has 1 N–H and O–H groups in total. The van der Waals surface area contributed by atoms with Crippen molar-refractivity contribution < 1.29 is 14.6 Å². The quantitative estimate of drug-likeness (QED) is 0.740. The lowest BCUT2D eigenvalue weighted by Gasteiger charge is -2.28. The number of methoxy groups -OCH3 is 1. The van der Waals surface area contributed by atoms with Crippen molar-refractivity contribution >= 4 is 0 Å². The van der Waals surface area contributed by atoms with E-state index in [-0.39, 0.29) is 5.60 Å². The maximum absolute atomic E-state index is 10.5. The van der Waals surface area contributed by atoms with Crippen LogP contribution in [0.4, 0.5) is 0 Å². The van der Waals surface area contributed by atoms with Gasteiger partial charge < -0.3 is 14.6 Å². The van der Waals surface area contributed by atoms with Crippen LogP contribution in [-0.4, -0.2) is 42.0 Å². The molecule has 142 valence electrons. The lowest BCUT2D eigenvalue weighted by Crippen LogP contribution is -2.36. The molecule has 2 aromatic carbocycles. The van der Waals surface area contributed by atoms with Crippen LogP contribution in [0.15, 0.2) is 54.6 Å². The summed E-state index contributed by atoms with van der Waals surface area (Å²) in [5.74, 6) is 0.867. The number of hydrogen-bond acceptors (Lipinski definition) is 4. The Hall–Kier alpha value is -1.88. The Morgan fingerprint density at radius 3 is 2.27 bits per heavy atom. The summed E-state index contributed by atoms with van der Waals surface area (Å²) in [6.45, 7) is 8.30. The van der Waals surface area contributed by atoms with Crippen LogP contribution in [0, 0.1) is 0 Å². The van der Waals surface area contributed by atoms with E-state index in [9.17, 15) is 5.11 Å². The van der Waals surface area contributed by atoms with Crippen molar-refractivity contribution in [3.05, 3.63) is 65.7 Å². The molecular formula is C22H31NO3. The second-order valence-corrected chi connectivity index (χ2v) is 7.54. The van der Waals surface area contributed by atoms with Gasteiger partial charge in [-0.05, 0) is 32.4 Å². The number of aliphatic hydroxyl groups is 1. The number of aliphatic hydroxyl groups excluding tert-OH is 1. The van der Waals surface area contributed by atoms with E-state index in [1.807, 2.05) is 57.2 Å². The molecule has 0 saturated heterocycles. The van der Waals surface area contributed by atoms with E-state index >= 15 is 0 Å². The number of rotatable bonds is 9. The van der Waals surface area contributed by atoms with Crippen LogP contribution in [0.2, 0.25) is 0 Å². The summed E-state index contributed by atoms with van der Waals surface area (Å²) in [5.41, 5.74) is 2.06. The van der Waals surface area contributed by atoms with Crippen molar-refractivity contribution in [1.29, 1.82) is 0 Å². The Morgan fingerprint density at radius 1 is 0.962 bits per heavy atom. The molecular weight excluding hydrogens is 326 g/mol. The Kier molecular flexibility index (Phi) is 7.64. The summed E-state index contributed by atoms with van der Waals surface area (Å²) in [6, 6.07) is 18.3. The second kappa shape index (κ2) is 9.72. The van der Waals surface area contributed by atoms with Gasteiger partial charge in [0.1, 0.15) is 5.75 Å². The molecule has 0 heterocycles. The van der Waals surface area contributed by atoms with E-state index in [1.54, 1.807) is 7.11 Å². The molecule has 0 bridgehead atoms. The molecule has 0 aliphatic carbocycles. The number of benzene rings is 2. The predicted molar refractivity (Wildman–Crippen MR) is 105 cm³/mol. The molecule has 0 aromatic heterocycles. The molecule has 4 nitrogen and oxygen atoms in total. The smallest absolute Gasteiger partial charge is 0.123 e. The molecule has 0 fully saturated rings. The minimum absolute atomic E-state index is 0.256. The monoisotopic (exact) mass is 357 g/mol. The van der Waals surface area contributed by atoms with Crippen LogP contribution >= 0.6 is 0 Å². The van der Waals surface area contributed by atoms with E-state index in [2.05, 4.69) is 23.1 Å². The third kappa shape index (κ3) is 7.16. The highest BCUT2D eigenvalue weighted by molar-refractivity contribution is 5.33. The van der Waals surface area contributed by atoms with Crippen molar-refractivity contribution in [2.24, 2.45) is 0 Å². The summed E-state index contributed by atoms with van der Waals surface area (Å²) < 4.78 is 11.2. The van der Waals surface area contributed by atoms with Crippen molar-refractivity contribution in [2.75, 3.05) is 20.3 Å². The van der Waals surface area contributed by atoms with Crippen molar-refractivity contribution in [2.45, 2.75) is 45.6 Å². The molecule has 0 aliphatic rings. The highest BCUT2D eigenvalue weighted by Crippen LogP contribution is 2.21. The topological polar surface area (TPSA) is 41.9 Å². The van der Waals surface area contributed by atoms with Crippen LogP contribution in [0.25, 0.3) is 0 Å². The van der Waals surface area contributed by atoms with Gasteiger partial charge in [0, 0.05) is 25.2 Å². The summed E-state index contributed by atoms with van der Waals surface area (Å²) in [5, 5.41) is 10.5. The first-order valence-corrected chi connectivity index (χ1v) is 9.07. The average molecular weight is 357 g/mol. The summed E-state index contributed by atoms with van der Waals surface area (Å²) in [6.07, 6.45) is -0.548. The Labute approximate surface area is 157 Å². The van der Waals surface area contributed by atoms with E-state index in [1.165, 1.54) is 5.56 Å². The van der Waals surface area contributed by atoms with Crippen molar-refractivity contribution in [3.63, 3.8) is 0 Å². The van der Waals surface area contributed by atoms with E-state index in [0.29, 0.717) is 19.7 Å². The zero-order valence-electron chi connectivity index (χ0n) is 16.3. The fourth-order valence-corrected chi connectivity index (χ4v) is 2.80. The van der Waals surface area contributed by atoms with E-state index in [4.69, 9.17) is 9.47 Å². The van der Waals surface area contributed by atoms with Crippen LogP contribution in [0.3, 0.4) is 0 Å². The van der Waals surface area contributed by atoms with Gasteiger partial charge in [-0.2, -0.15) is 0 Å². The molecule has 0 amide bonds. The standard InChI is InChI=1S/C22H31NO3/c1-22(2,3)26-17-20(24)16-23(14-18-10-6-5-7-11-18)15-19-12-8-9-13-21(19)25-4/h5-13,20,24H,14-17H2,1-4H3/t20-/m0/s1. The van der Waals surface area contributed by atoms with E-state index in [0.717, 1.165) is 17.9 Å². The van der Waals surface area contributed by atoms with Gasteiger partial charge in [0.05, 0.1) is 25.4 Å². The molecule has 2 aromatic rings. The predicted octanol–water partition coefficient (Wildman–Crippen LogP) is 3.87. The lowest BCUT2D eigenvalue weighted by atomic mass is 10.1. The minimum atomic E-state index is -0.548. The molecule has 0 saturated carbocycles. The van der Waals surface area contributed by atoms with Crippen LogP contribution in [0.5, 0.6) is 5.75 Å². The van der Waals surface area contributed by atoms with Gasteiger partial charge in [-0.1, -0.05) is 48.5 Å². The Morgan fingerprint density at radius 2 is 1.62 bits per heavy atom. The number of hydrogen-bond donors (Lipinski definition) is 1. The molecule has 0 spiro atoms. The van der Waals surface area contributed by atoms with Crippen LogP contribution in [0.1, 0.15) is 31.9 Å². The molecule has 0 aliphatic heterocycles. The SMILES string of the molecule is COc1ccccc1CN(Cc1ccccc1)C[C@H](O)COC(C)(C)C. The first-order valence-electron chi connectivity index (χ1n) is 9.07. The molecule has 1 atom stereocenters. The molecule has 4 heteroatoms. The van der Waals surface area contributed by atoms with Gasteiger partial charge in [0.25, 0.3) is 0 Å². The maximum Gasteiger partial charge on any atom is 0.123 e. The van der Waals surface area contributed by atoms with Gasteiger partial charge in [-0.25, -0.2) is 0 Å². The van der Waals surface area contributed by atoms with Crippen LogP contribution in [-0.2, 0) is 17.8 Å². The van der Waals surface area contributed by atoms with E-state index < -0.39 is 6.10 Å². The molecule has 2 rings (SSSR count). The van der Waals surface area contributed by atoms with Crippen molar-refractivity contribution in [1.82, 2.24) is 4.90 Å². The molecule has 26 heavy (non-hydrogen) atoms. The summed E-state index contributed by atoms with van der Waals surface area (Å²) >= 11 is 0. The Balaban J connectivity index is 2.08. The summed E-state index contributed by atoms with van der Waals surface area (Å²) in [7, 11) is 1.69. The zero-order valence-corrected chi connectivity index (χ0v) is 16.3. The van der Waals surface area contributed by atoms with Gasteiger partial charge >= 0.3 is 0 Å². The first kappa shape index (κ1) is 20.4. The van der Waals surface area contributed by atoms with Gasteiger partial charge in [-0.3, -0.25) is 4.90 Å².